The van der Waals surface area contributed by atoms with Crippen molar-refractivity contribution in [1.29, 1.82) is 0 Å². The molecule has 0 aromatic heterocycles. The smallest absolute Gasteiger partial charge is 0.122 e. The van der Waals surface area contributed by atoms with E-state index in [2.05, 4.69) is 28.2 Å². The van der Waals surface area contributed by atoms with Gasteiger partial charge in [-0.2, -0.15) is 0 Å². The summed E-state index contributed by atoms with van der Waals surface area (Å²) in [5, 5.41) is 13.3. The molecule has 18 heavy (non-hydrogen) atoms. The number of halogens is 1. The standard InChI is InChI=1S/C14H22BrNO2/c1-4-7-16-9-14(3,17)10-18-13-6-5-12(15)8-11(13)2/h5-6,8,16-17H,4,7,9-10H2,1-3H3. The van der Waals surface area contributed by atoms with Gasteiger partial charge in [0, 0.05) is 11.0 Å². The summed E-state index contributed by atoms with van der Waals surface area (Å²) in [6.45, 7) is 7.60. The van der Waals surface area contributed by atoms with Crippen molar-refractivity contribution in [2.45, 2.75) is 32.8 Å². The van der Waals surface area contributed by atoms with E-state index in [0.717, 1.165) is 28.8 Å². The second kappa shape index (κ2) is 7.12. The van der Waals surface area contributed by atoms with Crippen molar-refractivity contribution in [3.05, 3.63) is 28.2 Å². The zero-order valence-electron chi connectivity index (χ0n) is 11.3. The molecule has 0 bridgehead atoms. The van der Waals surface area contributed by atoms with Gasteiger partial charge in [-0.25, -0.2) is 0 Å². The van der Waals surface area contributed by atoms with E-state index in [0.29, 0.717) is 6.54 Å². The van der Waals surface area contributed by atoms with Gasteiger partial charge in [0.1, 0.15) is 18.0 Å². The SMILES string of the molecule is CCCNCC(C)(O)COc1ccc(Br)cc1C. The highest BCUT2D eigenvalue weighted by Crippen LogP contribution is 2.22. The molecule has 4 heteroatoms. The van der Waals surface area contributed by atoms with Gasteiger partial charge in [0.05, 0.1) is 0 Å². The van der Waals surface area contributed by atoms with Crippen molar-refractivity contribution in [1.82, 2.24) is 5.32 Å². The summed E-state index contributed by atoms with van der Waals surface area (Å²) in [5.41, 5.74) is 0.205. The maximum atomic E-state index is 10.2. The molecule has 0 radical (unpaired) electrons. The largest absolute Gasteiger partial charge is 0.490 e. The summed E-state index contributed by atoms with van der Waals surface area (Å²) in [4.78, 5) is 0. The van der Waals surface area contributed by atoms with E-state index >= 15 is 0 Å². The number of hydrogen-bond acceptors (Lipinski definition) is 3. The van der Waals surface area contributed by atoms with Gasteiger partial charge < -0.3 is 15.2 Å². The average Bonchev–Trinajstić information content (AvgIpc) is 2.28. The van der Waals surface area contributed by atoms with Crippen LogP contribution in [-0.4, -0.2) is 30.4 Å². The Morgan fingerprint density at radius 3 is 2.78 bits per heavy atom. The number of ether oxygens (including phenoxy) is 1. The molecule has 0 aliphatic rings. The number of aryl methyl sites for hydroxylation is 1. The highest BCUT2D eigenvalue weighted by atomic mass is 79.9. The van der Waals surface area contributed by atoms with Crippen molar-refractivity contribution in [2.24, 2.45) is 0 Å². The number of aliphatic hydroxyl groups is 1. The first-order valence-electron chi connectivity index (χ1n) is 6.26. The lowest BCUT2D eigenvalue weighted by Gasteiger charge is -2.24. The first-order chi connectivity index (χ1) is 8.44. The lowest BCUT2D eigenvalue weighted by Crippen LogP contribution is -2.43. The number of benzene rings is 1. The fourth-order valence-electron chi connectivity index (χ4n) is 1.59. The fourth-order valence-corrected chi connectivity index (χ4v) is 2.07. The van der Waals surface area contributed by atoms with Crippen molar-refractivity contribution >= 4 is 15.9 Å². The van der Waals surface area contributed by atoms with Crippen LogP contribution in [0.15, 0.2) is 22.7 Å². The van der Waals surface area contributed by atoms with Crippen LogP contribution in [0.3, 0.4) is 0 Å². The van der Waals surface area contributed by atoms with Crippen molar-refractivity contribution in [2.75, 3.05) is 19.7 Å². The second-order valence-corrected chi connectivity index (χ2v) is 5.79. The van der Waals surface area contributed by atoms with Gasteiger partial charge >= 0.3 is 0 Å². The molecule has 0 aliphatic heterocycles. The first-order valence-corrected chi connectivity index (χ1v) is 7.06. The summed E-state index contributed by atoms with van der Waals surface area (Å²) in [6.07, 6.45) is 1.06. The molecule has 0 aliphatic carbocycles. The van der Waals surface area contributed by atoms with Crippen LogP contribution in [0.4, 0.5) is 0 Å². The van der Waals surface area contributed by atoms with Gasteiger partial charge in [-0.05, 0) is 50.6 Å². The van der Waals surface area contributed by atoms with E-state index in [1.54, 1.807) is 6.92 Å². The van der Waals surface area contributed by atoms with Gasteiger partial charge in [-0.3, -0.25) is 0 Å². The molecule has 1 aromatic rings. The summed E-state index contributed by atoms with van der Waals surface area (Å²) in [5.74, 6) is 0.814. The molecule has 3 nitrogen and oxygen atoms in total. The van der Waals surface area contributed by atoms with E-state index in [4.69, 9.17) is 4.74 Å². The predicted octanol–water partition coefficient (Wildman–Crippen LogP) is 2.89. The normalized spacial score (nSPS) is 14.3. The zero-order valence-corrected chi connectivity index (χ0v) is 12.9. The quantitative estimate of drug-likeness (QED) is 0.760. The van der Waals surface area contributed by atoms with Crippen LogP contribution in [0.1, 0.15) is 25.8 Å². The summed E-state index contributed by atoms with van der Waals surface area (Å²) in [6, 6.07) is 5.85. The van der Waals surface area contributed by atoms with Gasteiger partial charge in [0.25, 0.3) is 0 Å². The lowest BCUT2D eigenvalue weighted by molar-refractivity contribution is 0.0123. The molecule has 0 fully saturated rings. The molecular weight excluding hydrogens is 294 g/mol. The fraction of sp³-hybridized carbons (Fsp3) is 0.571. The first kappa shape index (κ1) is 15.5. The minimum absolute atomic E-state index is 0.284. The molecule has 0 saturated carbocycles. The van der Waals surface area contributed by atoms with Crippen LogP contribution in [0.2, 0.25) is 0 Å². The third-order valence-corrected chi connectivity index (χ3v) is 3.10. The van der Waals surface area contributed by atoms with Crippen LogP contribution in [0.25, 0.3) is 0 Å². The minimum Gasteiger partial charge on any atom is -0.490 e. The van der Waals surface area contributed by atoms with E-state index < -0.39 is 5.60 Å². The molecule has 1 unspecified atom stereocenters. The van der Waals surface area contributed by atoms with Crippen LogP contribution in [0.5, 0.6) is 5.75 Å². The summed E-state index contributed by atoms with van der Waals surface area (Å²) < 4.78 is 6.71. The van der Waals surface area contributed by atoms with E-state index in [9.17, 15) is 5.11 Å². The average molecular weight is 316 g/mol. The molecule has 0 heterocycles. The van der Waals surface area contributed by atoms with Gasteiger partial charge in [-0.1, -0.05) is 22.9 Å². The Morgan fingerprint density at radius 1 is 1.44 bits per heavy atom. The highest BCUT2D eigenvalue weighted by molar-refractivity contribution is 9.10. The van der Waals surface area contributed by atoms with Crippen molar-refractivity contribution < 1.29 is 9.84 Å². The monoisotopic (exact) mass is 315 g/mol. The maximum Gasteiger partial charge on any atom is 0.122 e. The van der Waals surface area contributed by atoms with E-state index in [1.165, 1.54) is 0 Å². The molecule has 0 saturated heterocycles. The number of hydrogen-bond donors (Lipinski definition) is 2. The van der Waals surface area contributed by atoms with Gasteiger partial charge in [0.2, 0.25) is 0 Å². The number of rotatable bonds is 7. The Bertz CT molecular complexity index is 380. The topological polar surface area (TPSA) is 41.5 Å². The molecule has 1 aromatic carbocycles. The molecule has 2 N–H and O–H groups in total. The van der Waals surface area contributed by atoms with Crippen LogP contribution in [0, 0.1) is 6.92 Å². The van der Waals surface area contributed by atoms with Crippen molar-refractivity contribution in [3.8, 4) is 5.75 Å². The summed E-state index contributed by atoms with van der Waals surface area (Å²) in [7, 11) is 0. The molecule has 1 atom stereocenters. The third-order valence-electron chi connectivity index (χ3n) is 2.61. The maximum absolute atomic E-state index is 10.2. The van der Waals surface area contributed by atoms with Crippen LogP contribution in [-0.2, 0) is 0 Å². The highest BCUT2D eigenvalue weighted by Gasteiger charge is 2.21. The molecular formula is C14H22BrNO2. The Balaban J connectivity index is 2.48. The molecule has 0 spiro atoms. The van der Waals surface area contributed by atoms with Crippen LogP contribution >= 0.6 is 15.9 Å². The lowest BCUT2D eigenvalue weighted by atomic mass is 10.1. The van der Waals surface area contributed by atoms with Gasteiger partial charge in [-0.15, -0.1) is 0 Å². The predicted molar refractivity (Wildman–Crippen MR) is 78.2 cm³/mol. The molecule has 102 valence electrons. The summed E-state index contributed by atoms with van der Waals surface area (Å²) >= 11 is 3.41. The Labute approximate surface area is 118 Å². The molecule has 1 rings (SSSR count). The van der Waals surface area contributed by atoms with Crippen LogP contribution < -0.4 is 10.1 Å². The van der Waals surface area contributed by atoms with Crippen molar-refractivity contribution in [3.63, 3.8) is 0 Å². The third kappa shape index (κ3) is 5.38. The zero-order chi connectivity index (χ0) is 13.6. The minimum atomic E-state index is -0.852. The van der Waals surface area contributed by atoms with E-state index in [-0.39, 0.29) is 6.61 Å². The Hall–Kier alpha value is -0.580. The Morgan fingerprint density at radius 2 is 2.17 bits per heavy atom. The second-order valence-electron chi connectivity index (χ2n) is 4.87. The molecule has 0 amide bonds. The number of nitrogens with one attached hydrogen (secondary N) is 1. The van der Waals surface area contributed by atoms with E-state index in [1.807, 2.05) is 25.1 Å². The van der Waals surface area contributed by atoms with Gasteiger partial charge in [0.15, 0.2) is 0 Å². The Kier molecular flexibility index (Phi) is 6.12.